The molecule has 1 aliphatic rings. The minimum Gasteiger partial charge on any atom is -0.327 e. The number of piperidine rings is 1. The van der Waals surface area contributed by atoms with Gasteiger partial charge in [0.1, 0.15) is 5.82 Å². The first-order chi connectivity index (χ1) is 8.34. The van der Waals surface area contributed by atoms with E-state index in [2.05, 4.69) is 46.1 Å². The lowest BCUT2D eigenvalue weighted by Gasteiger charge is -2.24. The third kappa shape index (κ3) is 2.07. The maximum absolute atomic E-state index is 4.61. The van der Waals surface area contributed by atoms with Gasteiger partial charge in [0.25, 0.3) is 0 Å². The Morgan fingerprint density at radius 3 is 3.06 bits per heavy atom. The topological polar surface area (TPSA) is 29.9 Å². The number of para-hydroxylation sites is 2. The van der Waals surface area contributed by atoms with Gasteiger partial charge in [-0.3, -0.25) is 0 Å². The van der Waals surface area contributed by atoms with Crippen LogP contribution in [-0.4, -0.2) is 22.1 Å². The molecule has 0 amide bonds. The van der Waals surface area contributed by atoms with Crippen LogP contribution in [0.15, 0.2) is 24.3 Å². The van der Waals surface area contributed by atoms with Crippen LogP contribution in [0.1, 0.15) is 25.1 Å². The van der Waals surface area contributed by atoms with Gasteiger partial charge >= 0.3 is 0 Å². The number of nitrogens with one attached hydrogen (secondary N) is 1. The molecule has 0 saturated carbocycles. The van der Waals surface area contributed by atoms with E-state index in [4.69, 9.17) is 0 Å². The summed E-state index contributed by atoms with van der Waals surface area (Å²) in [4.78, 5) is 4.61. The largest absolute Gasteiger partial charge is 0.327 e. The van der Waals surface area contributed by atoms with Crippen LogP contribution >= 0.6 is 0 Å². The van der Waals surface area contributed by atoms with E-state index in [1.165, 1.54) is 24.8 Å². The first-order valence-corrected chi connectivity index (χ1v) is 6.50. The van der Waals surface area contributed by atoms with E-state index in [0.29, 0.717) is 6.04 Å². The van der Waals surface area contributed by atoms with Gasteiger partial charge in [-0.2, -0.15) is 0 Å². The third-order valence-electron chi connectivity index (χ3n) is 3.66. The molecule has 3 nitrogen and oxygen atoms in total. The van der Waals surface area contributed by atoms with E-state index >= 15 is 0 Å². The summed E-state index contributed by atoms with van der Waals surface area (Å²) in [5.41, 5.74) is 2.37. The lowest BCUT2D eigenvalue weighted by atomic mass is 10.1. The molecule has 2 aromatic rings. The summed E-state index contributed by atoms with van der Waals surface area (Å²) in [6, 6.07) is 9.01. The van der Waals surface area contributed by atoms with Crippen LogP contribution in [-0.2, 0) is 6.54 Å². The van der Waals surface area contributed by atoms with Crippen LogP contribution < -0.4 is 5.32 Å². The van der Waals surface area contributed by atoms with Crippen LogP contribution in [0.5, 0.6) is 0 Å². The molecule has 1 atom stereocenters. The van der Waals surface area contributed by atoms with Crippen molar-refractivity contribution in [2.45, 2.75) is 38.8 Å². The van der Waals surface area contributed by atoms with Crippen molar-refractivity contribution >= 4 is 11.0 Å². The van der Waals surface area contributed by atoms with Crippen molar-refractivity contribution in [3.8, 4) is 0 Å². The van der Waals surface area contributed by atoms with E-state index in [-0.39, 0.29) is 0 Å². The van der Waals surface area contributed by atoms with Crippen molar-refractivity contribution < 1.29 is 0 Å². The minimum absolute atomic E-state index is 0.611. The fraction of sp³-hybridized carbons (Fsp3) is 0.500. The van der Waals surface area contributed by atoms with Gasteiger partial charge in [0.15, 0.2) is 0 Å². The second-order valence-corrected chi connectivity index (χ2v) is 4.91. The molecule has 3 heteroatoms. The summed E-state index contributed by atoms with van der Waals surface area (Å²) in [6.07, 6.45) is 3.95. The fourth-order valence-corrected chi connectivity index (χ4v) is 2.73. The van der Waals surface area contributed by atoms with Crippen LogP contribution in [0, 0.1) is 6.92 Å². The van der Waals surface area contributed by atoms with Gasteiger partial charge in [0, 0.05) is 12.6 Å². The second-order valence-electron chi connectivity index (χ2n) is 4.91. The van der Waals surface area contributed by atoms with Crippen LogP contribution in [0.3, 0.4) is 0 Å². The van der Waals surface area contributed by atoms with Crippen molar-refractivity contribution in [3.05, 3.63) is 30.1 Å². The number of rotatable bonds is 2. The summed E-state index contributed by atoms with van der Waals surface area (Å²) in [5.74, 6) is 1.12. The molecule has 17 heavy (non-hydrogen) atoms. The van der Waals surface area contributed by atoms with Crippen molar-refractivity contribution in [1.82, 2.24) is 14.9 Å². The average Bonchev–Trinajstić information content (AvgIpc) is 2.68. The summed E-state index contributed by atoms with van der Waals surface area (Å²) < 4.78 is 2.35. The highest BCUT2D eigenvalue weighted by atomic mass is 15.1. The van der Waals surface area contributed by atoms with Crippen molar-refractivity contribution in [2.75, 3.05) is 6.54 Å². The van der Waals surface area contributed by atoms with Gasteiger partial charge in [-0.1, -0.05) is 18.6 Å². The molecule has 1 fully saturated rings. The first-order valence-electron chi connectivity index (χ1n) is 6.50. The smallest absolute Gasteiger partial charge is 0.106 e. The number of imidazole rings is 1. The SMILES string of the molecule is Cc1nc2ccccc2n1C[C@H]1CCCCN1. The van der Waals surface area contributed by atoms with Gasteiger partial charge < -0.3 is 9.88 Å². The Labute approximate surface area is 102 Å². The Balaban J connectivity index is 1.90. The maximum atomic E-state index is 4.61. The molecular formula is C14H19N3. The standard InChI is InChI=1S/C14H19N3/c1-11-16-13-7-2-3-8-14(13)17(11)10-12-6-4-5-9-15-12/h2-3,7-8,12,15H,4-6,9-10H2,1H3/t12-/m1/s1. The van der Waals surface area contributed by atoms with Crippen molar-refractivity contribution in [2.24, 2.45) is 0 Å². The van der Waals surface area contributed by atoms with E-state index in [1.54, 1.807) is 0 Å². The number of hydrogen-bond acceptors (Lipinski definition) is 2. The number of aromatic nitrogens is 2. The van der Waals surface area contributed by atoms with Gasteiger partial charge in [-0.15, -0.1) is 0 Å². The number of aryl methyl sites for hydroxylation is 1. The molecular weight excluding hydrogens is 210 g/mol. The summed E-state index contributed by atoms with van der Waals surface area (Å²) in [6.45, 7) is 4.31. The molecule has 3 rings (SSSR count). The molecule has 1 aromatic heterocycles. The van der Waals surface area contributed by atoms with Gasteiger partial charge in [0.2, 0.25) is 0 Å². The molecule has 0 unspecified atom stereocenters. The Hall–Kier alpha value is -1.35. The average molecular weight is 229 g/mol. The van der Waals surface area contributed by atoms with Gasteiger partial charge in [0.05, 0.1) is 11.0 Å². The highest BCUT2D eigenvalue weighted by Crippen LogP contribution is 2.18. The predicted octanol–water partition coefficient (Wildman–Crippen LogP) is 2.49. The Bertz CT molecular complexity index is 509. The van der Waals surface area contributed by atoms with E-state index in [0.717, 1.165) is 24.4 Å². The summed E-state index contributed by atoms with van der Waals surface area (Å²) in [7, 11) is 0. The zero-order chi connectivity index (χ0) is 11.7. The Kier molecular flexibility index (Phi) is 2.85. The normalized spacial score (nSPS) is 20.9. The van der Waals surface area contributed by atoms with Crippen molar-refractivity contribution in [1.29, 1.82) is 0 Å². The number of hydrogen-bond donors (Lipinski definition) is 1. The van der Waals surface area contributed by atoms with E-state index < -0.39 is 0 Å². The van der Waals surface area contributed by atoms with Gasteiger partial charge in [-0.05, 0) is 38.4 Å². The Morgan fingerprint density at radius 2 is 2.24 bits per heavy atom. The zero-order valence-electron chi connectivity index (χ0n) is 10.3. The van der Waals surface area contributed by atoms with Crippen LogP contribution in [0.2, 0.25) is 0 Å². The molecule has 0 spiro atoms. The van der Waals surface area contributed by atoms with E-state index in [9.17, 15) is 0 Å². The lowest BCUT2D eigenvalue weighted by molar-refractivity contribution is 0.364. The second kappa shape index (κ2) is 4.49. The van der Waals surface area contributed by atoms with Crippen molar-refractivity contribution in [3.63, 3.8) is 0 Å². The molecule has 1 saturated heterocycles. The number of nitrogens with zero attached hydrogens (tertiary/aromatic N) is 2. The fourth-order valence-electron chi connectivity index (χ4n) is 2.73. The third-order valence-corrected chi connectivity index (χ3v) is 3.66. The molecule has 0 bridgehead atoms. The minimum atomic E-state index is 0.611. The van der Waals surface area contributed by atoms with Gasteiger partial charge in [-0.25, -0.2) is 4.98 Å². The molecule has 90 valence electrons. The quantitative estimate of drug-likeness (QED) is 0.857. The monoisotopic (exact) mass is 229 g/mol. The Morgan fingerprint density at radius 1 is 1.35 bits per heavy atom. The molecule has 1 aromatic carbocycles. The maximum Gasteiger partial charge on any atom is 0.106 e. The molecule has 0 radical (unpaired) electrons. The highest BCUT2D eigenvalue weighted by Gasteiger charge is 2.15. The predicted molar refractivity (Wildman–Crippen MR) is 70.1 cm³/mol. The zero-order valence-corrected chi connectivity index (χ0v) is 10.3. The van der Waals surface area contributed by atoms with E-state index in [1.807, 2.05) is 0 Å². The summed E-state index contributed by atoms with van der Waals surface area (Å²) >= 11 is 0. The van der Waals surface area contributed by atoms with Crippen LogP contribution in [0.25, 0.3) is 11.0 Å². The lowest BCUT2D eigenvalue weighted by Crippen LogP contribution is -2.37. The molecule has 2 heterocycles. The van der Waals surface area contributed by atoms with Crippen LogP contribution in [0.4, 0.5) is 0 Å². The molecule has 1 aliphatic heterocycles. The first kappa shape index (κ1) is 10.8. The molecule has 1 N–H and O–H groups in total. The number of benzene rings is 1. The molecule has 0 aliphatic carbocycles. The number of fused-ring (bicyclic) bond motifs is 1. The summed E-state index contributed by atoms with van der Waals surface area (Å²) in [5, 5.41) is 3.60. The highest BCUT2D eigenvalue weighted by molar-refractivity contribution is 5.75.